The maximum atomic E-state index is 12.2. The van der Waals surface area contributed by atoms with Crippen LogP contribution in [0, 0.1) is 0 Å². The number of nitrogens with one attached hydrogen (secondary N) is 1. The Morgan fingerprint density at radius 3 is 2.48 bits per heavy atom. The highest BCUT2D eigenvalue weighted by atomic mass is 16.6. The fourth-order valence-electron chi connectivity index (χ4n) is 2.24. The molecule has 23 heavy (non-hydrogen) atoms. The summed E-state index contributed by atoms with van der Waals surface area (Å²) in [4.78, 5) is 23.2. The Kier molecular flexibility index (Phi) is 4.14. The molecule has 0 spiro atoms. The molecule has 0 bridgehead atoms. The molecule has 0 saturated heterocycles. The van der Waals surface area contributed by atoms with E-state index in [1.165, 1.54) is 0 Å². The van der Waals surface area contributed by atoms with E-state index in [1.807, 2.05) is 12.1 Å². The van der Waals surface area contributed by atoms with Crippen LogP contribution in [0.2, 0.25) is 0 Å². The van der Waals surface area contributed by atoms with Crippen LogP contribution < -0.4 is 20.5 Å². The van der Waals surface area contributed by atoms with Gasteiger partial charge in [-0.3, -0.25) is 9.59 Å². The molecule has 3 N–H and O–H groups in total. The first-order valence-electron chi connectivity index (χ1n) is 7.18. The third-order valence-electron chi connectivity index (χ3n) is 3.51. The van der Waals surface area contributed by atoms with Gasteiger partial charge in [-0.25, -0.2) is 0 Å². The Morgan fingerprint density at radius 1 is 1.09 bits per heavy atom. The van der Waals surface area contributed by atoms with Gasteiger partial charge in [0.1, 0.15) is 6.61 Å². The second-order valence-corrected chi connectivity index (χ2v) is 5.14. The summed E-state index contributed by atoms with van der Waals surface area (Å²) in [5.41, 5.74) is 6.48. The maximum absolute atomic E-state index is 12.2. The van der Waals surface area contributed by atoms with Crippen molar-refractivity contribution in [1.82, 2.24) is 5.32 Å². The average molecular weight is 312 g/mol. The minimum Gasteiger partial charge on any atom is -0.485 e. The van der Waals surface area contributed by atoms with Crippen molar-refractivity contribution in [2.75, 3.05) is 6.61 Å². The van der Waals surface area contributed by atoms with Crippen molar-refractivity contribution < 1.29 is 19.1 Å². The lowest BCUT2D eigenvalue weighted by atomic mass is 10.1. The quantitative estimate of drug-likeness (QED) is 0.888. The third-order valence-corrected chi connectivity index (χ3v) is 3.51. The largest absolute Gasteiger partial charge is 0.485 e. The van der Waals surface area contributed by atoms with E-state index in [-0.39, 0.29) is 12.5 Å². The molecule has 1 aliphatic heterocycles. The van der Waals surface area contributed by atoms with Gasteiger partial charge in [-0.15, -0.1) is 0 Å². The van der Waals surface area contributed by atoms with Gasteiger partial charge in [0.25, 0.3) is 5.91 Å². The van der Waals surface area contributed by atoms with Crippen molar-refractivity contribution in [2.24, 2.45) is 5.73 Å². The van der Waals surface area contributed by atoms with E-state index in [9.17, 15) is 9.59 Å². The summed E-state index contributed by atoms with van der Waals surface area (Å²) in [6.45, 7) is 0.503. The molecule has 0 saturated carbocycles. The van der Waals surface area contributed by atoms with Crippen LogP contribution >= 0.6 is 0 Å². The van der Waals surface area contributed by atoms with Crippen molar-refractivity contribution >= 4 is 11.8 Å². The van der Waals surface area contributed by atoms with Crippen molar-refractivity contribution in [3.05, 3.63) is 59.7 Å². The van der Waals surface area contributed by atoms with E-state index in [0.29, 0.717) is 23.6 Å². The number of rotatable bonds is 4. The Balaban J connectivity index is 1.57. The Hall–Kier alpha value is -3.02. The molecule has 1 aliphatic rings. The Bertz CT molecular complexity index is 728. The van der Waals surface area contributed by atoms with Gasteiger partial charge in [0, 0.05) is 12.1 Å². The molecule has 1 atom stereocenters. The van der Waals surface area contributed by atoms with Crippen LogP contribution in [0.15, 0.2) is 48.5 Å². The van der Waals surface area contributed by atoms with Crippen LogP contribution in [0.1, 0.15) is 15.9 Å². The first-order valence-corrected chi connectivity index (χ1v) is 7.18. The first kappa shape index (κ1) is 14.9. The van der Waals surface area contributed by atoms with Gasteiger partial charge >= 0.3 is 0 Å². The number of hydrogen-bond acceptors (Lipinski definition) is 4. The molecule has 0 aliphatic carbocycles. The number of benzene rings is 2. The number of carbonyl (C=O) groups excluding carboxylic acids is 2. The van der Waals surface area contributed by atoms with E-state index >= 15 is 0 Å². The van der Waals surface area contributed by atoms with Crippen LogP contribution in [0.3, 0.4) is 0 Å². The summed E-state index contributed by atoms with van der Waals surface area (Å²) in [5.74, 6) is 0.466. The normalized spacial score (nSPS) is 15.7. The van der Waals surface area contributed by atoms with Gasteiger partial charge in [0.15, 0.2) is 11.5 Å². The highest BCUT2D eigenvalue weighted by Gasteiger charge is 2.26. The van der Waals surface area contributed by atoms with Crippen LogP contribution in [-0.4, -0.2) is 24.5 Å². The number of fused-ring (bicyclic) bond motifs is 1. The number of amides is 2. The third kappa shape index (κ3) is 3.42. The molecular weight excluding hydrogens is 296 g/mol. The fourth-order valence-corrected chi connectivity index (χ4v) is 2.24. The lowest BCUT2D eigenvalue weighted by molar-refractivity contribution is -0.130. The molecule has 0 aromatic heterocycles. The zero-order valence-electron chi connectivity index (χ0n) is 12.3. The summed E-state index contributed by atoms with van der Waals surface area (Å²) in [6.07, 6.45) is -0.685. The lowest BCUT2D eigenvalue weighted by Gasteiger charge is -2.25. The van der Waals surface area contributed by atoms with E-state index in [4.69, 9.17) is 15.2 Å². The fraction of sp³-hybridized carbons (Fsp3) is 0.176. The van der Waals surface area contributed by atoms with Crippen molar-refractivity contribution in [1.29, 1.82) is 0 Å². The summed E-state index contributed by atoms with van der Waals surface area (Å²) in [5, 5.41) is 2.79. The SMILES string of the molecule is NC(=O)c1ccc(CNC(=O)C2COc3ccccc3O2)cc1. The van der Waals surface area contributed by atoms with Gasteiger partial charge in [0.2, 0.25) is 12.0 Å². The topological polar surface area (TPSA) is 90.7 Å². The molecular formula is C17H16N2O4. The number of carbonyl (C=O) groups is 2. The smallest absolute Gasteiger partial charge is 0.264 e. The van der Waals surface area contributed by atoms with Gasteiger partial charge in [-0.2, -0.15) is 0 Å². The number of hydrogen-bond donors (Lipinski definition) is 2. The predicted octanol–water partition coefficient (Wildman–Crippen LogP) is 1.24. The number of primary amides is 1. The Morgan fingerprint density at radius 2 is 1.78 bits per heavy atom. The van der Waals surface area contributed by atoms with Crippen LogP contribution in [0.25, 0.3) is 0 Å². The van der Waals surface area contributed by atoms with Gasteiger partial charge in [-0.05, 0) is 29.8 Å². The monoisotopic (exact) mass is 312 g/mol. The molecule has 118 valence electrons. The molecule has 6 nitrogen and oxygen atoms in total. The van der Waals surface area contributed by atoms with Gasteiger partial charge < -0.3 is 20.5 Å². The highest BCUT2D eigenvalue weighted by Crippen LogP contribution is 2.30. The van der Waals surface area contributed by atoms with E-state index in [1.54, 1.807) is 36.4 Å². The molecule has 2 amide bonds. The van der Waals surface area contributed by atoms with Crippen LogP contribution in [-0.2, 0) is 11.3 Å². The summed E-state index contributed by atoms with van der Waals surface area (Å²) in [7, 11) is 0. The molecule has 2 aromatic rings. The number of para-hydroxylation sites is 2. The lowest BCUT2D eigenvalue weighted by Crippen LogP contribution is -2.43. The molecule has 6 heteroatoms. The van der Waals surface area contributed by atoms with Gasteiger partial charge in [0.05, 0.1) is 0 Å². The predicted molar refractivity (Wildman–Crippen MR) is 83.2 cm³/mol. The highest BCUT2D eigenvalue weighted by molar-refractivity contribution is 5.92. The minimum atomic E-state index is -0.685. The standard InChI is InChI=1S/C17H16N2O4/c18-16(20)12-7-5-11(6-8-12)9-19-17(21)15-10-22-13-3-1-2-4-14(13)23-15/h1-8,15H,9-10H2,(H2,18,20)(H,19,21). The van der Waals surface area contributed by atoms with E-state index in [2.05, 4.69) is 5.32 Å². The maximum Gasteiger partial charge on any atom is 0.264 e. The molecule has 0 fully saturated rings. The zero-order valence-corrected chi connectivity index (χ0v) is 12.3. The minimum absolute atomic E-state index is 0.170. The van der Waals surface area contributed by atoms with Crippen molar-refractivity contribution in [2.45, 2.75) is 12.6 Å². The molecule has 3 rings (SSSR count). The number of nitrogens with two attached hydrogens (primary N) is 1. The molecule has 2 aromatic carbocycles. The summed E-state index contributed by atoms with van der Waals surface area (Å²) >= 11 is 0. The molecule has 1 heterocycles. The molecule has 1 unspecified atom stereocenters. The second kappa shape index (κ2) is 6.39. The summed E-state index contributed by atoms with van der Waals surface area (Å²) in [6, 6.07) is 14.0. The average Bonchev–Trinajstić information content (AvgIpc) is 2.59. The zero-order chi connectivity index (χ0) is 16.2. The van der Waals surface area contributed by atoms with Crippen LogP contribution in [0.5, 0.6) is 11.5 Å². The second-order valence-electron chi connectivity index (χ2n) is 5.14. The molecule has 0 radical (unpaired) electrons. The first-order chi connectivity index (χ1) is 11.1. The van der Waals surface area contributed by atoms with Crippen LogP contribution in [0.4, 0.5) is 0 Å². The number of ether oxygens (including phenoxy) is 2. The van der Waals surface area contributed by atoms with E-state index in [0.717, 1.165) is 5.56 Å². The summed E-state index contributed by atoms with van der Waals surface area (Å²) < 4.78 is 11.1. The van der Waals surface area contributed by atoms with Gasteiger partial charge in [-0.1, -0.05) is 24.3 Å². The van der Waals surface area contributed by atoms with E-state index < -0.39 is 12.0 Å². The Labute approximate surface area is 133 Å². The van der Waals surface area contributed by atoms with Crippen molar-refractivity contribution in [3.8, 4) is 11.5 Å². The van der Waals surface area contributed by atoms with Crippen molar-refractivity contribution in [3.63, 3.8) is 0 Å².